The summed E-state index contributed by atoms with van der Waals surface area (Å²) in [7, 11) is 4.29. The number of halogens is 1. The van der Waals surface area contributed by atoms with E-state index in [4.69, 9.17) is 0 Å². The van der Waals surface area contributed by atoms with Gasteiger partial charge >= 0.3 is 0 Å². The molecule has 0 aliphatic carbocycles. The zero-order valence-electron chi connectivity index (χ0n) is 16.0. The molecule has 0 aromatic heterocycles. The van der Waals surface area contributed by atoms with E-state index in [0.29, 0.717) is 0 Å². The summed E-state index contributed by atoms with van der Waals surface area (Å²) < 4.78 is 1.18. The van der Waals surface area contributed by atoms with Crippen LogP contribution in [-0.2, 0) is 13.0 Å². The molecule has 3 nitrogen and oxygen atoms in total. The number of piperazine rings is 1. The SMILES string of the molecule is CN(C)CCCc1ccc(Br)cc1N1CCN(Cc2ccccc2)CC1. The maximum absolute atomic E-state index is 3.67. The van der Waals surface area contributed by atoms with Crippen molar-refractivity contribution >= 4 is 21.6 Å². The van der Waals surface area contributed by atoms with E-state index in [2.05, 4.69) is 93.3 Å². The summed E-state index contributed by atoms with van der Waals surface area (Å²) in [5.74, 6) is 0. The Morgan fingerprint density at radius 2 is 1.69 bits per heavy atom. The van der Waals surface area contributed by atoms with Crippen LogP contribution in [0.4, 0.5) is 5.69 Å². The second kappa shape index (κ2) is 9.54. The highest BCUT2D eigenvalue weighted by molar-refractivity contribution is 9.10. The van der Waals surface area contributed by atoms with Gasteiger partial charge in [0.15, 0.2) is 0 Å². The van der Waals surface area contributed by atoms with Crippen molar-refractivity contribution in [3.05, 3.63) is 64.1 Å². The quantitative estimate of drug-likeness (QED) is 0.668. The second-order valence-electron chi connectivity index (χ2n) is 7.43. The van der Waals surface area contributed by atoms with Gasteiger partial charge in [-0.25, -0.2) is 0 Å². The van der Waals surface area contributed by atoms with Crippen LogP contribution in [0.5, 0.6) is 0 Å². The third kappa shape index (κ3) is 5.57. The lowest BCUT2D eigenvalue weighted by Gasteiger charge is -2.37. The lowest BCUT2D eigenvalue weighted by atomic mass is 10.1. The third-order valence-electron chi connectivity index (χ3n) is 5.06. The molecule has 1 heterocycles. The fourth-order valence-electron chi connectivity index (χ4n) is 3.62. The van der Waals surface area contributed by atoms with Crippen LogP contribution < -0.4 is 4.90 Å². The van der Waals surface area contributed by atoms with Crippen LogP contribution >= 0.6 is 15.9 Å². The monoisotopic (exact) mass is 415 g/mol. The molecule has 0 spiro atoms. The predicted octanol–water partition coefficient (Wildman–Crippen LogP) is 4.27. The van der Waals surface area contributed by atoms with E-state index in [1.54, 1.807) is 0 Å². The molecule has 26 heavy (non-hydrogen) atoms. The van der Waals surface area contributed by atoms with Gasteiger partial charge in [-0.3, -0.25) is 4.90 Å². The van der Waals surface area contributed by atoms with Crippen LogP contribution in [0.25, 0.3) is 0 Å². The summed E-state index contributed by atoms with van der Waals surface area (Å²) in [5.41, 5.74) is 4.30. The molecule has 140 valence electrons. The van der Waals surface area contributed by atoms with Crippen LogP contribution in [0.15, 0.2) is 53.0 Å². The molecular weight excluding hydrogens is 386 g/mol. The average Bonchev–Trinajstić information content (AvgIpc) is 2.64. The van der Waals surface area contributed by atoms with Gasteiger partial charge < -0.3 is 9.80 Å². The summed E-state index contributed by atoms with van der Waals surface area (Å²) >= 11 is 3.67. The first-order valence-electron chi connectivity index (χ1n) is 9.56. The highest BCUT2D eigenvalue weighted by atomic mass is 79.9. The topological polar surface area (TPSA) is 9.72 Å². The molecule has 2 aromatic rings. The lowest BCUT2D eigenvalue weighted by Crippen LogP contribution is -2.46. The van der Waals surface area contributed by atoms with Gasteiger partial charge in [0, 0.05) is 42.9 Å². The van der Waals surface area contributed by atoms with E-state index in [1.165, 1.54) is 27.7 Å². The third-order valence-corrected chi connectivity index (χ3v) is 5.55. The maximum atomic E-state index is 3.67. The van der Waals surface area contributed by atoms with Crippen molar-refractivity contribution in [2.75, 3.05) is 51.7 Å². The Kier molecular flexibility index (Phi) is 7.12. The largest absolute Gasteiger partial charge is 0.369 e. The number of rotatable bonds is 7. The van der Waals surface area contributed by atoms with E-state index >= 15 is 0 Å². The van der Waals surface area contributed by atoms with Crippen LogP contribution in [-0.4, -0.2) is 56.6 Å². The Morgan fingerprint density at radius 1 is 0.962 bits per heavy atom. The molecule has 0 atom stereocenters. The first-order chi connectivity index (χ1) is 12.6. The van der Waals surface area contributed by atoms with Crippen LogP contribution in [0, 0.1) is 0 Å². The molecule has 1 aliphatic rings. The molecule has 0 saturated carbocycles. The minimum absolute atomic E-state index is 1.06. The number of anilines is 1. The minimum Gasteiger partial charge on any atom is -0.369 e. The molecule has 2 aromatic carbocycles. The number of hydrogen-bond acceptors (Lipinski definition) is 3. The molecule has 0 amide bonds. The number of benzene rings is 2. The summed E-state index contributed by atoms with van der Waals surface area (Å²) in [5, 5.41) is 0. The number of aryl methyl sites for hydroxylation is 1. The highest BCUT2D eigenvalue weighted by Crippen LogP contribution is 2.27. The summed E-state index contributed by atoms with van der Waals surface area (Å²) in [6.45, 7) is 6.65. The fraction of sp³-hybridized carbons (Fsp3) is 0.455. The Bertz CT molecular complexity index is 679. The van der Waals surface area contributed by atoms with E-state index in [0.717, 1.165) is 45.7 Å². The Hall–Kier alpha value is -1.36. The van der Waals surface area contributed by atoms with Crippen molar-refractivity contribution in [2.45, 2.75) is 19.4 Å². The fourth-order valence-corrected chi connectivity index (χ4v) is 3.97. The summed E-state index contributed by atoms with van der Waals surface area (Å²) in [6.07, 6.45) is 2.35. The van der Waals surface area contributed by atoms with Crippen LogP contribution in [0.2, 0.25) is 0 Å². The molecule has 0 bridgehead atoms. The van der Waals surface area contributed by atoms with Crippen molar-refractivity contribution in [2.24, 2.45) is 0 Å². The van der Waals surface area contributed by atoms with Crippen molar-refractivity contribution < 1.29 is 0 Å². The van der Waals surface area contributed by atoms with Gasteiger partial charge in [-0.2, -0.15) is 0 Å². The standard InChI is InChI=1S/C22H30BrN3/c1-24(2)12-6-9-20-10-11-21(23)17-22(20)26-15-13-25(14-16-26)18-19-7-4-3-5-8-19/h3-5,7-8,10-11,17H,6,9,12-16,18H2,1-2H3. The van der Waals surface area contributed by atoms with Crippen molar-refractivity contribution in [3.63, 3.8) is 0 Å². The molecule has 1 saturated heterocycles. The van der Waals surface area contributed by atoms with Gasteiger partial charge in [-0.05, 0) is 56.7 Å². The first-order valence-corrected chi connectivity index (χ1v) is 10.4. The zero-order chi connectivity index (χ0) is 18.4. The van der Waals surface area contributed by atoms with E-state index in [9.17, 15) is 0 Å². The van der Waals surface area contributed by atoms with Crippen molar-refractivity contribution in [1.29, 1.82) is 0 Å². The minimum atomic E-state index is 1.06. The van der Waals surface area contributed by atoms with E-state index in [-0.39, 0.29) is 0 Å². The molecule has 0 unspecified atom stereocenters. The van der Waals surface area contributed by atoms with Gasteiger partial charge in [-0.15, -0.1) is 0 Å². The molecule has 4 heteroatoms. The van der Waals surface area contributed by atoms with Gasteiger partial charge in [0.2, 0.25) is 0 Å². The predicted molar refractivity (Wildman–Crippen MR) is 115 cm³/mol. The normalized spacial score (nSPS) is 15.6. The molecule has 3 rings (SSSR count). The molecule has 1 fully saturated rings. The van der Waals surface area contributed by atoms with Crippen molar-refractivity contribution in [1.82, 2.24) is 9.80 Å². The maximum Gasteiger partial charge on any atom is 0.0410 e. The van der Waals surface area contributed by atoms with E-state index in [1.807, 2.05) is 0 Å². The molecular formula is C22H30BrN3. The Morgan fingerprint density at radius 3 is 2.38 bits per heavy atom. The first kappa shape index (κ1) is 19.4. The smallest absolute Gasteiger partial charge is 0.0410 e. The Labute approximate surface area is 166 Å². The molecule has 1 aliphatic heterocycles. The average molecular weight is 416 g/mol. The second-order valence-corrected chi connectivity index (χ2v) is 8.34. The Balaban J connectivity index is 1.60. The zero-order valence-corrected chi connectivity index (χ0v) is 17.6. The lowest BCUT2D eigenvalue weighted by molar-refractivity contribution is 0.249. The van der Waals surface area contributed by atoms with Gasteiger partial charge in [0.1, 0.15) is 0 Å². The number of hydrogen-bond donors (Lipinski definition) is 0. The summed E-state index contributed by atoms with van der Waals surface area (Å²) in [6, 6.07) is 17.6. The van der Waals surface area contributed by atoms with Gasteiger partial charge in [-0.1, -0.05) is 52.3 Å². The van der Waals surface area contributed by atoms with E-state index < -0.39 is 0 Å². The van der Waals surface area contributed by atoms with Crippen LogP contribution in [0.3, 0.4) is 0 Å². The van der Waals surface area contributed by atoms with Crippen LogP contribution in [0.1, 0.15) is 17.5 Å². The summed E-state index contributed by atoms with van der Waals surface area (Å²) in [4.78, 5) is 7.40. The van der Waals surface area contributed by atoms with Gasteiger partial charge in [0.05, 0.1) is 0 Å². The van der Waals surface area contributed by atoms with Crippen molar-refractivity contribution in [3.8, 4) is 0 Å². The highest BCUT2D eigenvalue weighted by Gasteiger charge is 2.19. The molecule has 0 N–H and O–H groups in total. The van der Waals surface area contributed by atoms with Gasteiger partial charge in [0.25, 0.3) is 0 Å². The number of nitrogens with zero attached hydrogens (tertiary/aromatic N) is 3. The molecule has 0 radical (unpaired) electrons.